The number of pyridine rings is 2. The van der Waals surface area contributed by atoms with E-state index < -0.39 is 0 Å². The highest BCUT2D eigenvalue weighted by Gasteiger charge is 2.11. The summed E-state index contributed by atoms with van der Waals surface area (Å²) < 4.78 is 5.38. The van der Waals surface area contributed by atoms with Gasteiger partial charge in [0.15, 0.2) is 0 Å². The molecule has 3 aromatic heterocycles. The average Bonchev–Trinajstić information content (AvgIpc) is 3.13. The van der Waals surface area contributed by atoms with Gasteiger partial charge in [-0.1, -0.05) is 12.8 Å². The molecular weight excluding hydrogens is 352 g/mol. The molecule has 7 nitrogen and oxygen atoms in total. The average molecular weight is 380 g/mol. The fourth-order valence-electron chi connectivity index (χ4n) is 3.03. The van der Waals surface area contributed by atoms with Gasteiger partial charge in [0.1, 0.15) is 0 Å². The Morgan fingerprint density at radius 2 is 1.75 bits per heavy atom. The number of aromatic nitrogens is 4. The Hall–Kier alpha value is -2.93. The zero-order valence-electron chi connectivity index (χ0n) is 16.5. The van der Waals surface area contributed by atoms with E-state index in [1.54, 1.807) is 25.7 Å². The first-order chi connectivity index (χ1) is 13.8. The van der Waals surface area contributed by atoms with E-state index in [0.717, 1.165) is 28.2 Å². The molecule has 1 aliphatic heterocycles. The van der Waals surface area contributed by atoms with Crippen LogP contribution in [-0.2, 0) is 0 Å². The third-order valence-corrected chi connectivity index (χ3v) is 4.63. The summed E-state index contributed by atoms with van der Waals surface area (Å²) in [6.07, 6.45) is 11.0. The molecule has 0 unspecified atom stereocenters. The molecule has 1 fully saturated rings. The maximum atomic E-state index is 5.38. The van der Waals surface area contributed by atoms with Gasteiger partial charge in [0.2, 0.25) is 5.88 Å². The highest BCUT2D eigenvalue weighted by atomic mass is 16.5. The van der Waals surface area contributed by atoms with Gasteiger partial charge in [-0.15, -0.1) is 0 Å². The normalized spacial score (nSPS) is 13.8. The number of hydrogen-bond donors (Lipinski definition) is 3. The Balaban J connectivity index is 0.000000271. The van der Waals surface area contributed by atoms with Gasteiger partial charge in [-0.3, -0.25) is 10.1 Å². The van der Waals surface area contributed by atoms with Gasteiger partial charge in [0.25, 0.3) is 0 Å². The van der Waals surface area contributed by atoms with Gasteiger partial charge in [0, 0.05) is 24.4 Å². The first-order valence-corrected chi connectivity index (χ1v) is 9.71. The Morgan fingerprint density at radius 1 is 0.964 bits per heavy atom. The number of nitrogens with zero attached hydrogens (tertiary/aromatic N) is 3. The first kappa shape index (κ1) is 19.8. The second kappa shape index (κ2) is 10.4. The lowest BCUT2D eigenvalue weighted by Gasteiger charge is -2.08. The molecule has 0 amide bonds. The summed E-state index contributed by atoms with van der Waals surface area (Å²) in [5, 5.41) is 13.1. The fraction of sp³-hybridized carbons (Fsp3) is 0.381. The van der Waals surface area contributed by atoms with Crippen molar-refractivity contribution in [3.8, 4) is 28.4 Å². The number of hydrogen-bond acceptors (Lipinski definition) is 6. The first-order valence-electron chi connectivity index (χ1n) is 9.71. The molecule has 0 bridgehead atoms. The lowest BCUT2D eigenvalue weighted by molar-refractivity contribution is 0.400. The van der Waals surface area contributed by atoms with E-state index in [4.69, 9.17) is 4.74 Å². The number of rotatable bonds is 4. The van der Waals surface area contributed by atoms with Crippen LogP contribution in [0.25, 0.3) is 22.5 Å². The molecule has 148 valence electrons. The summed E-state index contributed by atoms with van der Waals surface area (Å²) >= 11 is 0. The van der Waals surface area contributed by atoms with Crippen LogP contribution >= 0.6 is 0 Å². The Bertz CT molecular complexity index is 813. The summed E-state index contributed by atoms with van der Waals surface area (Å²) in [6, 6.07) is 7.76. The van der Waals surface area contributed by atoms with E-state index in [0.29, 0.717) is 5.88 Å². The number of H-pyrrole nitrogens is 1. The van der Waals surface area contributed by atoms with Crippen LogP contribution in [-0.4, -0.2) is 47.4 Å². The molecule has 3 N–H and O–H groups in total. The molecule has 1 aliphatic rings. The van der Waals surface area contributed by atoms with Crippen LogP contribution in [0.4, 0.5) is 5.69 Å². The molecule has 4 rings (SSSR count). The number of methoxy groups -OCH3 is 1. The van der Waals surface area contributed by atoms with Crippen molar-refractivity contribution in [1.82, 2.24) is 25.5 Å². The van der Waals surface area contributed by atoms with Crippen molar-refractivity contribution < 1.29 is 4.74 Å². The van der Waals surface area contributed by atoms with Gasteiger partial charge in [0.05, 0.1) is 36.6 Å². The minimum atomic E-state index is 0.549. The topological polar surface area (TPSA) is 87.8 Å². The molecule has 0 aromatic carbocycles. The maximum absolute atomic E-state index is 5.38. The lowest BCUT2D eigenvalue weighted by atomic mass is 10.1. The summed E-state index contributed by atoms with van der Waals surface area (Å²) in [5.41, 5.74) is 4.35. The van der Waals surface area contributed by atoms with Crippen molar-refractivity contribution in [2.24, 2.45) is 0 Å². The maximum Gasteiger partial charge on any atom is 0.221 e. The molecule has 28 heavy (non-hydrogen) atoms. The second-order valence-electron chi connectivity index (χ2n) is 6.59. The Morgan fingerprint density at radius 3 is 2.36 bits per heavy atom. The minimum Gasteiger partial charge on any atom is -0.481 e. The number of nitrogens with one attached hydrogen (secondary N) is 3. The largest absolute Gasteiger partial charge is 0.481 e. The van der Waals surface area contributed by atoms with Gasteiger partial charge >= 0.3 is 0 Å². The summed E-state index contributed by atoms with van der Waals surface area (Å²) in [7, 11) is 3.46. The molecule has 0 spiro atoms. The van der Waals surface area contributed by atoms with E-state index in [2.05, 4.69) is 30.8 Å². The minimum absolute atomic E-state index is 0.549. The van der Waals surface area contributed by atoms with Crippen molar-refractivity contribution >= 4 is 5.69 Å². The predicted octanol–water partition coefficient (Wildman–Crippen LogP) is 3.73. The quantitative estimate of drug-likeness (QED) is 0.639. The molecular formula is C21H28N6O. The fourth-order valence-corrected chi connectivity index (χ4v) is 3.03. The molecule has 0 saturated carbocycles. The number of anilines is 1. The van der Waals surface area contributed by atoms with Crippen LogP contribution in [0.2, 0.25) is 0 Å². The van der Waals surface area contributed by atoms with Crippen LogP contribution in [0.15, 0.2) is 42.9 Å². The zero-order valence-corrected chi connectivity index (χ0v) is 16.5. The second-order valence-corrected chi connectivity index (χ2v) is 6.59. The third kappa shape index (κ3) is 5.29. The Labute approximate surface area is 166 Å². The highest BCUT2D eigenvalue weighted by Crippen LogP contribution is 2.30. The van der Waals surface area contributed by atoms with Crippen LogP contribution in [0.1, 0.15) is 25.7 Å². The zero-order chi connectivity index (χ0) is 19.6. The van der Waals surface area contributed by atoms with Crippen LogP contribution in [0.3, 0.4) is 0 Å². The molecule has 0 radical (unpaired) electrons. The monoisotopic (exact) mass is 380 g/mol. The molecule has 1 saturated heterocycles. The highest BCUT2D eigenvalue weighted by molar-refractivity contribution is 5.70. The number of aromatic amines is 1. The van der Waals surface area contributed by atoms with E-state index >= 15 is 0 Å². The van der Waals surface area contributed by atoms with Gasteiger partial charge in [-0.25, -0.2) is 4.98 Å². The summed E-state index contributed by atoms with van der Waals surface area (Å²) in [5.74, 6) is 0.549. The van der Waals surface area contributed by atoms with Crippen LogP contribution < -0.4 is 15.4 Å². The summed E-state index contributed by atoms with van der Waals surface area (Å²) in [4.78, 5) is 8.91. The molecule has 0 aliphatic carbocycles. The van der Waals surface area contributed by atoms with Crippen LogP contribution in [0, 0.1) is 0 Å². The van der Waals surface area contributed by atoms with Crippen molar-refractivity contribution in [2.45, 2.75) is 25.7 Å². The molecule has 3 aromatic rings. The predicted molar refractivity (Wildman–Crippen MR) is 112 cm³/mol. The van der Waals surface area contributed by atoms with E-state index in [1.165, 1.54) is 38.8 Å². The van der Waals surface area contributed by atoms with E-state index in [9.17, 15) is 0 Å². The molecule has 0 atom stereocenters. The Kier molecular flexibility index (Phi) is 7.37. The molecule has 7 heteroatoms. The summed E-state index contributed by atoms with van der Waals surface area (Å²) in [6.45, 7) is 2.50. The van der Waals surface area contributed by atoms with Gasteiger partial charge in [-0.2, -0.15) is 5.10 Å². The number of ether oxygens (including phenoxy) is 1. The van der Waals surface area contributed by atoms with E-state index in [1.807, 2.05) is 31.3 Å². The van der Waals surface area contributed by atoms with Crippen molar-refractivity contribution in [3.05, 3.63) is 42.9 Å². The van der Waals surface area contributed by atoms with Crippen molar-refractivity contribution in [1.29, 1.82) is 0 Å². The van der Waals surface area contributed by atoms with Crippen molar-refractivity contribution in [3.63, 3.8) is 0 Å². The molecule has 4 heterocycles. The SMILES string of the molecule is C1CCCNCC1.CNc1ccc(-c2ccc(-c3cn[nH]c3)c(OC)n2)nc1. The van der Waals surface area contributed by atoms with Gasteiger partial charge in [-0.05, 0) is 50.2 Å². The van der Waals surface area contributed by atoms with Crippen molar-refractivity contribution in [2.75, 3.05) is 32.6 Å². The van der Waals surface area contributed by atoms with E-state index in [-0.39, 0.29) is 0 Å². The lowest BCUT2D eigenvalue weighted by Crippen LogP contribution is -2.12. The smallest absolute Gasteiger partial charge is 0.221 e. The van der Waals surface area contributed by atoms with Gasteiger partial charge < -0.3 is 15.4 Å². The standard InChI is InChI=1S/C15H15N5O.C6H13N/c1-16-11-3-5-13(17-9-11)14-6-4-12(15(20-14)21-2)10-7-18-19-8-10;1-2-4-6-7-5-3-1/h3-9,16H,1-2H3,(H,18,19);7H,1-6H2. The van der Waals surface area contributed by atoms with Crippen LogP contribution in [0.5, 0.6) is 5.88 Å². The third-order valence-electron chi connectivity index (χ3n) is 4.63.